The number of aliphatic carboxylic acids is 1. The lowest BCUT2D eigenvalue weighted by Gasteiger charge is -2.33. The van der Waals surface area contributed by atoms with Crippen molar-refractivity contribution in [2.75, 3.05) is 7.11 Å². The molecule has 2 aliphatic rings. The van der Waals surface area contributed by atoms with Crippen molar-refractivity contribution in [3.63, 3.8) is 0 Å². The van der Waals surface area contributed by atoms with Crippen molar-refractivity contribution in [3.8, 4) is 5.69 Å². The number of allylic oxidation sites excluding steroid dienone is 2. The zero-order valence-electron chi connectivity index (χ0n) is 21.0. The Balaban J connectivity index is 0.000000347. The highest BCUT2D eigenvalue weighted by Gasteiger charge is 2.35. The van der Waals surface area contributed by atoms with Gasteiger partial charge in [0.1, 0.15) is 0 Å². The number of fused-ring (bicyclic) bond motifs is 3. The van der Waals surface area contributed by atoms with Crippen LogP contribution in [0.4, 0.5) is 0 Å². The maximum atomic E-state index is 9.60. The number of ether oxygens (including phenoxy) is 2. The SMILES string of the molecule is CCCC.CCCC(=O)O.COC1C(C)=CC=CC1C1OCc2cccn2-c2ccc(Cl)cc21. The number of methoxy groups -OCH3 is 1. The van der Waals surface area contributed by atoms with E-state index in [1.54, 1.807) is 7.11 Å². The Morgan fingerprint density at radius 3 is 2.53 bits per heavy atom. The fraction of sp³-hybridized carbons (Fsp3) is 0.464. The topological polar surface area (TPSA) is 60.7 Å². The molecule has 0 bridgehead atoms. The largest absolute Gasteiger partial charge is 0.481 e. The zero-order chi connectivity index (χ0) is 25.1. The number of hydrogen-bond donors (Lipinski definition) is 1. The van der Waals surface area contributed by atoms with Crippen LogP contribution < -0.4 is 0 Å². The van der Waals surface area contributed by atoms with Crippen molar-refractivity contribution in [3.05, 3.63) is 76.6 Å². The number of hydrogen-bond acceptors (Lipinski definition) is 3. The normalized spacial score (nSPS) is 20.4. The average Bonchev–Trinajstić information content (AvgIpc) is 3.23. The molecule has 1 aliphatic carbocycles. The molecule has 0 spiro atoms. The second-order valence-corrected chi connectivity index (χ2v) is 8.91. The lowest BCUT2D eigenvalue weighted by atomic mass is 9.83. The minimum Gasteiger partial charge on any atom is -0.481 e. The molecule has 186 valence electrons. The number of aromatic nitrogens is 1. The molecule has 0 fully saturated rings. The molecule has 0 saturated carbocycles. The van der Waals surface area contributed by atoms with Crippen molar-refractivity contribution >= 4 is 17.6 Å². The van der Waals surface area contributed by atoms with Crippen LogP contribution in [0.3, 0.4) is 0 Å². The van der Waals surface area contributed by atoms with Gasteiger partial charge in [-0.25, -0.2) is 0 Å². The van der Waals surface area contributed by atoms with E-state index >= 15 is 0 Å². The first-order valence-corrected chi connectivity index (χ1v) is 12.4. The molecule has 5 nitrogen and oxygen atoms in total. The van der Waals surface area contributed by atoms with Gasteiger partial charge in [0.15, 0.2) is 0 Å². The monoisotopic (exact) mass is 487 g/mol. The first-order valence-electron chi connectivity index (χ1n) is 12.0. The van der Waals surface area contributed by atoms with Gasteiger partial charge in [0, 0.05) is 41.9 Å². The van der Waals surface area contributed by atoms with Crippen molar-refractivity contribution in [2.45, 2.75) is 72.2 Å². The van der Waals surface area contributed by atoms with Gasteiger partial charge in [0.05, 0.1) is 24.5 Å². The van der Waals surface area contributed by atoms with E-state index in [9.17, 15) is 4.79 Å². The molecule has 2 heterocycles. The lowest BCUT2D eigenvalue weighted by molar-refractivity contribution is -0.137. The van der Waals surface area contributed by atoms with E-state index < -0.39 is 5.97 Å². The van der Waals surface area contributed by atoms with Crippen molar-refractivity contribution < 1.29 is 19.4 Å². The van der Waals surface area contributed by atoms with Crippen LogP contribution in [0.5, 0.6) is 0 Å². The predicted molar refractivity (Wildman–Crippen MR) is 139 cm³/mol. The quantitative estimate of drug-likeness (QED) is 0.473. The Bertz CT molecular complexity index is 977. The number of nitrogens with zero attached hydrogens (tertiary/aromatic N) is 1. The molecule has 34 heavy (non-hydrogen) atoms. The highest BCUT2D eigenvalue weighted by Crippen LogP contribution is 2.41. The Hall–Kier alpha value is -2.34. The van der Waals surface area contributed by atoms with Crippen LogP contribution in [0.2, 0.25) is 5.02 Å². The summed E-state index contributed by atoms with van der Waals surface area (Å²) in [5, 5.41) is 8.63. The number of halogens is 1. The molecule has 4 rings (SSSR count). The first kappa shape index (κ1) is 27.9. The van der Waals surface area contributed by atoms with Gasteiger partial charge in [0.25, 0.3) is 0 Å². The smallest absolute Gasteiger partial charge is 0.303 e. The molecule has 0 radical (unpaired) electrons. The molecule has 1 aromatic carbocycles. The van der Waals surface area contributed by atoms with Crippen molar-refractivity contribution in [1.82, 2.24) is 4.57 Å². The lowest BCUT2D eigenvalue weighted by Crippen LogP contribution is -2.31. The predicted octanol–water partition coefficient (Wildman–Crippen LogP) is 7.53. The van der Waals surface area contributed by atoms with E-state index in [4.69, 9.17) is 26.2 Å². The number of unbranched alkanes of at least 4 members (excludes halogenated alkanes) is 1. The van der Waals surface area contributed by atoms with E-state index in [2.05, 4.69) is 61.9 Å². The van der Waals surface area contributed by atoms with Crippen LogP contribution in [-0.4, -0.2) is 28.9 Å². The van der Waals surface area contributed by atoms with Crippen LogP contribution in [0.15, 0.2) is 60.3 Å². The van der Waals surface area contributed by atoms with Crippen LogP contribution in [0, 0.1) is 5.92 Å². The Morgan fingerprint density at radius 1 is 1.21 bits per heavy atom. The second-order valence-electron chi connectivity index (χ2n) is 8.48. The van der Waals surface area contributed by atoms with E-state index in [1.807, 2.05) is 25.1 Å². The molecule has 1 aliphatic heterocycles. The molecule has 0 amide bonds. The number of benzene rings is 1. The molecule has 1 aromatic heterocycles. The molecule has 6 heteroatoms. The molecule has 0 saturated heterocycles. The standard InChI is InChI=1S/C20H20ClNO2.C4H8O2.C4H10/c1-13-5-3-7-16(19(13)23-2)20-17-11-14(21)8-9-18(17)22-10-4-6-15(22)12-24-20;1-2-3-4(5)6;1-3-4-2/h3-11,16,19-20H,12H2,1-2H3;2-3H2,1H3,(H,5,6);3-4H2,1-2H3. The summed E-state index contributed by atoms with van der Waals surface area (Å²) in [6.07, 6.45) is 12.0. The fourth-order valence-corrected chi connectivity index (χ4v) is 4.16. The number of carboxylic acids is 1. The van der Waals surface area contributed by atoms with Gasteiger partial charge in [-0.05, 0) is 49.2 Å². The van der Waals surface area contributed by atoms with Crippen molar-refractivity contribution in [1.29, 1.82) is 0 Å². The number of carbonyl (C=O) groups is 1. The molecular weight excluding hydrogens is 450 g/mol. The summed E-state index contributed by atoms with van der Waals surface area (Å²) < 4.78 is 14.3. The highest BCUT2D eigenvalue weighted by atomic mass is 35.5. The molecule has 2 aromatic rings. The number of rotatable bonds is 5. The van der Waals surface area contributed by atoms with Gasteiger partial charge in [-0.1, -0.05) is 63.4 Å². The summed E-state index contributed by atoms with van der Waals surface area (Å²) in [6.45, 7) is 8.87. The maximum Gasteiger partial charge on any atom is 0.303 e. The van der Waals surface area contributed by atoms with Crippen molar-refractivity contribution in [2.24, 2.45) is 5.92 Å². The van der Waals surface area contributed by atoms with Crippen LogP contribution >= 0.6 is 11.6 Å². The highest BCUT2D eigenvalue weighted by molar-refractivity contribution is 6.30. The van der Waals surface area contributed by atoms with Gasteiger partial charge in [-0.2, -0.15) is 0 Å². The van der Waals surface area contributed by atoms with Crippen LogP contribution in [0.1, 0.15) is 70.7 Å². The average molecular weight is 488 g/mol. The van der Waals surface area contributed by atoms with E-state index in [1.165, 1.54) is 18.4 Å². The minimum atomic E-state index is -0.711. The van der Waals surface area contributed by atoms with Gasteiger partial charge >= 0.3 is 5.97 Å². The summed E-state index contributed by atoms with van der Waals surface area (Å²) in [5.41, 5.74) is 4.57. The third-order valence-electron chi connectivity index (χ3n) is 5.86. The Morgan fingerprint density at radius 2 is 1.94 bits per heavy atom. The van der Waals surface area contributed by atoms with Crippen LogP contribution in [-0.2, 0) is 20.9 Å². The molecule has 3 atom stereocenters. The van der Waals surface area contributed by atoms with Gasteiger partial charge in [-0.3, -0.25) is 4.79 Å². The summed E-state index contributed by atoms with van der Waals surface area (Å²) in [7, 11) is 1.76. The number of carboxylic acid groups (broad SMARTS) is 1. The maximum absolute atomic E-state index is 9.60. The third kappa shape index (κ3) is 7.33. The van der Waals surface area contributed by atoms with E-state index in [0.29, 0.717) is 13.0 Å². The van der Waals surface area contributed by atoms with E-state index in [-0.39, 0.29) is 18.1 Å². The minimum absolute atomic E-state index is 0.00398. The summed E-state index contributed by atoms with van der Waals surface area (Å²) in [5.74, 6) is -0.598. The second kappa shape index (κ2) is 14.1. The first-order chi connectivity index (χ1) is 16.4. The van der Waals surface area contributed by atoms with E-state index in [0.717, 1.165) is 28.4 Å². The van der Waals surface area contributed by atoms with Gasteiger partial charge in [-0.15, -0.1) is 0 Å². The van der Waals surface area contributed by atoms with Gasteiger partial charge < -0.3 is 19.1 Å². The molecular formula is C28H38ClNO4. The Labute approximate surface area is 209 Å². The summed E-state index contributed by atoms with van der Waals surface area (Å²) >= 11 is 6.31. The third-order valence-corrected chi connectivity index (χ3v) is 6.09. The summed E-state index contributed by atoms with van der Waals surface area (Å²) in [4.78, 5) is 9.60. The van der Waals surface area contributed by atoms with Gasteiger partial charge in [0.2, 0.25) is 0 Å². The molecule has 3 unspecified atom stereocenters. The Kier molecular flexibility index (Phi) is 11.6. The fourth-order valence-electron chi connectivity index (χ4n) is 3.98. The summed E-state index contributed by atoms with van der Waals surface area (Å²) in [6, 6.07) is 10.2. The molecule has 1 N–H and O–H groups in total. The zero-order valence-corrected chi connectivity index (χ0v) is 21.7. The van der Waals surface area contributed by atoms with Crippen LogP contribution in [0.25, 0.3) is 5.69 Å².